The quantitative estimate of drug-likeness (QED) is 0.588. The van der Waals surface area contributed by atoms with Crippen molar-refractivity contribution < 1.29 is 4.58 Å². The highest BCUT2D eigenvalue weighted by molar-refractivity contribution is 6.02. The Kier molecular flexibility index (Phi) is 5.61. The molecule has 0 atom stereocenters. The molecule has 0 aromatic heterocycles. The van der Waals surface area contributed by atoms with Crippen LogP contribution in [0.2, 0.25) is 0 Å². The summed E-state index contributed by atoms with van der Waals surface area (Å²) in [7, 11) is 2.11. The minimum Gasteiger partial charge on any atom is -0.296 e. The number of hydrogen-bond acceptors (Lipinski definition) is 3. The molecule has 0 bridgehead atoms. The molecule has 0 radical (unpaired) electrons. The van der Waals surface area contributed by atoms with Gasteiger partial charge in [0.25, 0.3) is 0 Å². The summed E-state index contributed by atoms with van der Waals surface area (Å²) in [6.45, 7) is 14.5. The van der Waals surface area contributed by atoms with Crippen molar-refractivity contribution in [2.75, 3.05) is 46.3 Å². The van der Waals surface area contributed by atoms with E-state index in [1.54, 1.807) is 6.20 Å². The van der Waals surface area contributed by atoms with Gasteiger partial charge in [0.2, 0.25) is 0 Å². The first-order valence-corrected chi connectivity index (χ1v) is 9.03. The second-order valence-electron chi connectivity index (χ2n) is 7.03. The van der Waals surface area contributed by atoms with Crippen LogP contribution in [0.4, 0.5) is 0 Å². The number of benzene rings is 1. The molecule has 2 aliphatic rings. The lowest BCUT2D eigenvalue weighted by molar-refractivity contribution is -0.435. The van der Waals surface area contributed by atoms with E-state index in [4.69, 9.17) is 0 Å². The molecule has 4 nitrogen and oxygen atoms in total. The van der Waals surface area contributed by atoms with Gasteiger partial charge in [-0.15, -0.1) is 0 Å². The first kappa shape index (κ1) is 17.8. The van der Waals surface area contributed by atoms with Crippen molar-refractivity contribution in [3.63, 3.8) is 0 Å². The Bertz CT molecular complexity index is 717. The number of hydrogen-bond donors (Lipinski definition) is 0. The summed E-state index contributed by atoms with van der Waals surface area (Å²) < 4.78 is 2.20. The highest BCUT2D eigenvalue weighted by Crippen LogP contribution is 2.13. The van der Waals surface area contributed by atoms with Crippen LogP contribution in [0.3, 0.4) is 0 Å². The number of aryl methyl sites for hydroxylation is 1. The number of rotatable bonds is 6. The first-order chi connectivity index (χ1) is 12.1. The monoisotopic (exact) mass is 337 g/mol. The summed E-state index contributed by atoms with van der Waals surface area (Å²) in [5.41, 5.74) is 6.46. The van der Waals surface area contributed by atoms with Crippen molar-refractivity contribution in [3.8, 4) is 0 Å². The summed E-state index contributed by atoms with van der Waals surface area (Å²) in [5.74, 6) is 0. The minimum absolute atomic E-state index is 0.888. The molecule has 0 N–H and O–H groups in total. The Balaban J connectivity index is 1.53. The van der Waals surface area contributed by atoms with Gasteiger partial charge in [-0.05, 0) is 12.5 Å². The highest BCUT2D eigenvalue weighted by Gasteiger charge is 2.26. The van der Waals surface area contributed by atoms with E-state index in [1.807, 2.05) is 0 Å². The van der Waals surface area contributed by atoms with Crippen molar-refractivity contribution in [1.82, 2.24) is 9.80 Å². The van der Waals surface area contributed by atoms with E-state index < -0.39 is 0 Å². The van der Waals surface area contributed by atoms with Gasteiger partial charge in [0, 0.05) is 52.4 Å². The maximum atomic E-state index is 4.53. The summed E-state index contributed by atoms with van der Waals surface area (Å²) >= 11 is 0. The van der Waals surface area contributed by atoms with Gasteiger partial charge in [0.1, 0.15) is 7.05 Å². The van der Waals surface area contributed by atoms with Crippen LogP contribution < -0.4 is 0 Å². The molecular weight excluding hydrogens is 308 g/mol. The average Bonchev–Trinajstić information content (AvgIpc) is 2.63. The van der Waals surface area contributed by atoms with E-state index in [2.05, 4.69) is 77.3 Å². The molecule has 0 aliphatic carbocycles. The molecule has 0 spiro atoms. The van der Waals surface area contributed by atoms with Crippen molar-refractivity contribution in [3.05, 3.63) is 59.9 Å². The molecule has 4 heteroatoms. The van der Waals surface area contributed by atoms with E-state index in [-0.39, 0.29) is 0 Å². The normalized spacial score (nSPS) is 19.6. The minimum atomic E-state index is 0.888. The fraction of sp³-hybridized carbons (Fsp3) is 0.429. The van der Waals surface area contributed by atoms with Crippen LogP contribution in [-0.2, 0) is 0 Å². The molecule has 0 amide bonds. The van der Waals surface area contributed by atoms with Crippen LogP contribution in [0.1, 0.15) is 18.1 Å². The second-order valence-corrected chi connectivity index (χ2v) is 7.03. The molecule has 132 valence electrons. The van der Waals surface area contributed by atoms with E-state index >= 15 is 0 Å². The zero-order chi connectivity index (χ0) is 17.8. The van der Waals surface area contributed by atoms with Gasteiger partial charge in [-0.2, -0.15) is 0 Å². The number of nitrogens with zero attached hydrogens (tertiary/aromatic N) is 4. The van der Waals surface area contributed by atoms with Crippen molar-refractivity contribution >= 4 is 11.4 Å². The lowest BCUT2D eigenvalue weighted by atomic mass is 10.1. The number of aliphatic imine (C=N–C) groups is 1. The summed E-state index contributed by atoms with van der Waals surface area (Å²) in [5, 5.41) is 0. The Hall–Kier alpha value is -2.04. The van der Waals surface area contributed by atoms with E-state index in [0.29, 0.717) is 0 Å². The van der Waals surface area contributed by atoms with Gasteiger partial charge in [-0.25, -0.2) is 4.58 Å². The molecule has 1 aromatic carbocycles. The van der Waals surface area contributed by atoms with Gasteiger partial charge < -0.3 is 0 Å². The zero-order valence-corrected chi connectivity index (χ0v) is 15.7. The summed E-state index contributed by atoms with van der Waals surface area (Å²) in [4.78, 5) is 9.58. The Morgan fingerprint density at radius 1 is 1.12 bits per heavy atom. The SMILES string of the molecule is C=CN=C(CN1CCN(CC2=C[N+](C)=C2C)CC1)c1ccc(C)cc1. The van der Waals surface area contributed by atoms with Crippen molar-refractivity contribution in [2.45, 2.75) is 13.8 Å². The van der Waals surface area contributed by atoms with Crippen molar-refractivity contribution in [1.29, 1.82) is 0 Å². The molecule has 1 saturated heterocycles. The van der Waals surface area contributed by atoms with Crippen LogP contribution in [0.25, 0.3) is 0 Å². The summed E-state index contributed by atoms with van der Waals surface area (Å²) in [6.07, 6.45) is 3.90. The van der Waals surface area contributed by atoms with E-state index in [0.717, 1.165) is 45.0 Å². The smallest absolute Gasteiger partial charge is 0.188 e. The third-order valence-corrected chi connectivity index (χ3v) is 5.21. The predicted molar refractivity (Wildman–Crippen MR) is 106 cm³/mol. The molecule has 1 fully saturated rings. The second kappa shape index (κ2) is 7.89. The predicted octanol–water partition coefficient (Wildman–Crippen LogP) is 2.55. The fourth-order valence-electron chi connectivity index (χ4n) is 3.36. The molecule has 25 heavy (non-hydrogen) atoms. The third-order valence-electron chi connectivity index (χ3n) is 5.21. The van der Waals surface area contributed by atoms with E-state index in [9.17, 15) is 0 Å². The highest BCUT2D eigenvalue weighted by atomic mass is 15.3. The fourth-order valence-corrected chi connectivity index (χ4v) is 3.36. The van der Waals surface area contributed by atoms with Gasteiger partial charge in [-0.3, -0.25) is 14.8 Å². The lowest BCUT2D eigenvalue weighted by Crippen LogP contribution is -2.49. The molecule has 0 unspecified atom stereocenters. The average molecular weight is 337 g/mol. The molecule has 2 heterocycles. The Morgan fingerprint density at radius 3 is 2.32 bits per heavy atom. The van der Waals surface area contributed by atoms with E-state index in [1.165, 1.54) is 22.4 Å². The molecule has 3 rings (SSSR count). The number of piperazine rings is 1. The van der Waals surface area contributed by atoms with Crippen LogP contribution in [0.5, 0.6) is 0 Å². The molecule has 1 aromatic rings. The largest absolute Gasteiger partial charge is 0.296 e. The molecule has 2 aliphatic heterocycles. The third kappa shape index (κ3) is 4.33. The van der Waals surface area contributed by atoms with Gasteiger partial charge in [0.15, 0.2) is 11.9 Å². The Labute approximate surface area is 151 Å². The Morgan fingerprint density at radius 2 is 1.76 bits per heavy atom. The van der Waals surface area contributed by atoms with Crippen LogP contribution in [0, 0.1) is 6.92 Å². The van der Waals surface area contributed by atoms with Crippen LogP contribution in [-0.4, -0.2) is 72.1 Å². The van der Waals surface area contributed by atoms with Crippen LogP contribution >= 0.6 is 0 Å². The standard InChI is InChI=1S/C21H29N4/c1-5-22-21(19-8-6-17(2)7-9-19)16-25-12-10-24(11-13-25)15-20-14-23(4)18(20)3/h5-9,14H,1,10-13,15-16H2,2-4H3/q+1. The maximum Gasteiger partial charge on any atom is 0.188 e. The topological polar surface area (TPSA) is 21.9 Å². The molecular formula is C21H29N4+. The van der Waals surface area contributed by atoms with Crippen LogP contribution in [0.15, 0.2) is 53.8 Å². The van der Waals surface area contributed by atoms with Gasteiger partial charge >= 0.3 is 0 Å². The van der Waals surface area contributed by atoms with Crippen molar-refractivity contribution in [2.24, 2.45) is 4.99 Å². The lowest BCUT2D eigenvalue weighted by Gasteiger charge is -2.35. The van der Waals surface area contributed by atoms with Gasteiger partial charge in [-0.1, -0.05) is 36.4 Å². The maximum absolute atomic E-state index is 4.53. The molecule has 0 saturated carbocycles. The van der Waals surface area contributed by atoms with Gasteiger partial charge in [0.05, 0.1) is 11.3 Å². The summed E-state index contributed by atoms with van der Waals surface area (Å²) in [6, 6.07) is 8.61. The first-order valence-electron chi connectivity index (χ1n) is 9.03. The zero-order valence-electron chi connectivity index (χ0n) is 15.7.